The van der Waals surface area contributed by atoms with Gasteiger partial charge in [-0.25, -0.2) is 13.4 Å². The van der Waals surface area contributed by atoms with E-state index in [1.165, 1.54) is 43.5 Å². The summed E-state index contributed by atoms with van der Waals surface area (Å²) in [6.07, 6.45) is 0.152. The Hall–Kier alpha value is -0.580. The van der Waals surface area contributed by atoms with Crippen molar-refractivity contribution in [2.24, 2.45) is 0 Å². The zero-order valence-corrected chi connectivity index (χ0v) is 17.5. The molecular weight excluding hydrogens is 404 g/mol. The number of nitrogens with zero attached hydrogens (tertiary/aromatic N) is 1. The van der Waals surface area contributed by atoms with Crippen molar-refractivity contribution in [2.75, 3.05) is 0 Å². The Bertz CT molecular complexity index is 819. The summed E-state index contributed by atoms with van der Waals surface area (Å²) in [6.45, 7) is 1.27. The van der Waals surface area contributed by atoms with Crippen LogP contribution in [0.4, 0.5) is 0 Å². The maximum absolute atomic E-state index is 10.7. The van der Waals surface area contributed by atoms with Gasteiger partial charge in [-0.1, -0.05) is 23.2 Å². The summed E-state index contributed by atoms with van der Waals surface area (Å²) < 4.78 is 42.9. The number of rotatable bonds is 6. The molecule has 1 aromatic heterocycles. The predicted molar refractivity (Wildman–Crippen MR) is 86.6 cm³/mol. The molecule has 0 saturated heterocycles. The number of aliphatic hydroxyl groups is 1. The molecule has 2 rings (SSSR count). The van der Waals surface area contributed by atoms with Crippen LogP contribution in [0.25, 0.3) is 0 Å². The topological polar surface area (TPSA) is 109 Å². The minimum Gasteiger partial charge on any atom is -0.746 e. The summed E-state index contributed by atoms with van der Waals surface area (Å²) >= 11 is 11.7. The van der Waals surface area contributed by atoms with Crippen LogP contribution < -0.4 is 39.0 Å². The van der Waals surface area contributed by atoms with Crippen molar-refractivity contribution < 1.29 is 57.1 Å². The van der Waals surface area contributed by atoms with Crippen LogP contribution in [0.1, 0.15) is 6.92 Å². The van der Waals surface area contributed by atoms with Crippen molar-refractivity contribution in [2.45, 2.75) is 18.5 Å². The molecule has 0 bridgehead atoms. The molecule has 2 atom stereocenters. The van der Waals surface area contributed by atoms with E-state index >= 15 is 0 Å². The van der Waals surface area contributed by atoms with E-state index in [2.05, 4.69) is 4.98 Å². The zero-order valence-electron chi connectivity index (χ0n) is 13.2. The van der Waals surface area contributed by atoms with E-state index in [0.29, 0.717) is 10.8 Å². The van der Waals surface area contributed by atoms with Crippen LogP contribution in [0.2, 0.25) is 10.0 Å². The minimum atomic E-state index is -4.86. The summed E-state index contributed by atoms with van der Waals surface area (Å²) in [5, 5.41) is 9.94. The van der Waals surface area contributed by atoms with E-state index in [1.54, 1.807) is 0 Å². The van der Waals surface area contributed by atoms with Crippen molar-refractivity contribution in [1.82, 2.24) is 4.98 Å². The normalized spacial score (nSPS) is 13.5. The van der Waals surface area contributed by atoms with Crippen molar-refractivity contribution in [3.05, 3.63) is 46.6 Å². The van der Waals surface area contributed by atoms with Gasteiger partial charge in [0.25, 0.3) is 0 Å². The van der Waals surface area contributed by atoms with Gasteiger partial charge in [0.2, 0.25) is 5.88 Å². The number of pyridine rings is 1. The van der Waals surface area contributed by atoms with Crippen molar-refractivity contribution in [3.63, 3.8) is 0 Å². The second-order valence-corrected chi connectivity index (χ2v) is 7.03. The van der Waals surface area contributed by atoms with Gasteiger partial charge in [0.05, 0.1) is 5.02 Å². The van der Waals surface area contributed by atoms with Crippen LogP contribution >= 0.6 is 23.2 Å². The molecule has 0 aliphatic carbocycles. The summed E-state index contributed by atoms with van der Waals surface area (Å²) in [4.78, 5) is 3.94. The number of ether oxygens (including phenoxy) is 2. The van der Waals surface area contributed by atoms with Gasteiger partial charge in [-0.05, 0) is 37.3 Å². The monoisotopic (exact) mass is 415 g/mol. The Labute approximate surface area is 176 Å². The quantitative estimate of drug-likeness (QED) is 0.514. The molecule has 1 heterocycles. The molecule has 0 spiro atoms. The molecule has 25 heavy (non-hydrogen) atoms. The second kappa shape index (κ2) is 9.38. The van der Waals surface area contributed by atoms with E-state index in [9.17, 15) is 18.1 Å². The standard InChI is InChI=1S/C14H13Cl2NO6S.Na/c1-8(14(18)24(19,20)21)22-10-2-4-11(5-3-10)23-13-12(16)6-9(15)7-17-13;/h2-8,14,18H,1H3,(H,19,20,21);/q;+1/p-1. The first-order chi connectivity index (χ1) is 11.2. The maximum atomic E-state index is 10.7. The van der Waals surface area contributed by atoms with Gasteiger partial charge in [0, 0.05) is 6.20 Å². The van der Waals surface area contributed by atoms with Crippen LogP contribution in [-0.4, -0.2) is 34.6 Å². The third kappa shape index (κ3) is 6.58. The zero-order chi connectivity index (χ0) is 17.9. The molecule has 0 saturated carbocycles. The van der Waals surface area contributed by atoms with E-state index in [4.69, 9.17) is 32.7 Å². The van der Waals surface area contributed by atoms with Gasteiger partial charge >= 0.3 is 29.6 Å². The van der Waals surface area contributed by atoms with E-state index in [-0.39, 0.29) is 46.2 Å². The summed E-state index contributed by atoms with van der Waals surface area (Å²) in [7, 11) is -4.86. The predicted octanol–water partition coefficient (Wildman–Crippen LogP) is -0.184. The van der Waals surface area contributed by atoms with Crippen molar-refractivity contribution in [3.8, 4) is 17.4 Å². The number of aliphatic hydroxyl groups excluding tert-OH is 1. The fourth-order valence-corrected chi connectivity index (χ4v) is 2.63. The number of hydrogen-bond acceptors (Lipinski definition) is 7. The van der Waals surface area contributed by atoms with Gasteiger partial charge in [-0.15, -0.1) is 0 Å². The number of hydrogen-bond donors (Lipinski definition) is 1. The Balaban J connectivity index is 0.00000312. The van der Waals surface area contributed by atoms with Gasteiger partial charge in [-0.3, -0.25) is 0 Å². The summed E-state index contributed by atoms with van der Waals surface area (Å²) in [5.74, 6) is 0.799. The number of halogens is 2. The van der Waals surface area contributed by atoms with Crippen LogP contribution in [0.5, 0.6) is 17.4 Å². The Morgan fingerprint density at radius 1 is 1.20 bits per heavy atom. The third-order valence-corrected chi connectivity index (χ3v) is 4.28. The fraction of sp³-hybridized carbons (Fsp3) is 0.214. The Morgan fingerprint density at radius 3 is 2.28 bits per heavy atom. The molecule has 2 unspecified atom stereocenters. The molecule has 0 amide bonds. The van der Waals surface area contributed by atoms with E-state index in [0.717, 1.165) is 0 Å². The Kier molecular flexibility index (Phi) is 8.43. The molecule has 7 nitrogen and oxygen atoms in total. The SMILES string of the molecule is CC(Oc1ccc(Oc2ncc(Cl)cc2Cl)cc1)C(O)S(=O)(=O)[O-].[Na+]. The summed E-state index contributed by atoms with van der Waals surface area (Å²) in [5.41, 5.74) is -2.16. The molecule has 0 radical (unpaired) electrons. The second-order valence-electron chi connectivity index (χ2n) is 4.72. The molecule has 2 aromatic rings. The average molecular weight is 416 g/mol. The smallest absolute Gasteiger partial charge is 0.746 e. The van der Waals surface area contributed by atoms with Crippen LogP contribution in [0, 0.1) is 0 Å². The molecular formula is C14H12Cl2NNaO6S. The van der Waals surface area contributed by atoms with Crippen LogP contribution in [0.3, 0.4) is 0 Å². The minimum absolute atomic E-state index is 0. The number of benzene rings is 1. The Morgan fingerprint density at radius 2 is 1.76 bits per heavy atom. The van der Waals surface area contributed by atoms with Crippen LogP contribution in [0.15, 0.2) is 36.5 Å². The fourth-order valence-electron chi connectivity index (χ4n) is 1.68. The molecule has 1 aromatic carbocycles. The van der Waals surface area contributed by atoms with Crippen molar-refractivity contribution in [1.29, 1.82) is 0 Å². The molecule has 0 aliphatic heterocycles. The molecule has 0 aliphatic rings. The first-order valence-electron chi connectivity index (χ1n) is 6.55. The molecule has 0 fully saturated rings. The van der Waals surface area contributed by atoms with Gasteiger partial charge < -0.3 is 19.1 Å². The van der Waals surface area contributed by atoms with Gasteiger partial charge in [-0.2, -0.15) is 0 Å². The molecule has 1 N–H and O–H groups in total. The molecule has 130 valence electrons. The van der Waals surface area contributed by atoms with Gasteiger partial charge in [0.15, 0.2) is 5.44 Å². The maximum Gasteiger partial charge on any atom is 1.00 e. The average Bonchev–Trinajstić information content (AvgIpc) is 2.50. The summed E-state index contributed by atoms with van der Waals surface area (Å²) in [6, 6.07) is 7.47. The molecule has 11 heteroatoms. The first-order valence-corrected chi connectivity index (χ1v) is 8.78. The van der Waals surface area contributed by atoms with Crippen molar-refractivity contribution >= 4 is 33.3 Å². The largest absolute Gasteiger partial charge is 1.00 e. The van der Waals surface area contributed by atoms with Gasteiger partial charge in [0.1, 0.15) is 32.7 Å². The van der Waals surface area contributed by atoms with E-state index in [1.807, 2.05) is 0 Å². The number of aromatic nitrogens is 1. The van der Waals surface area contributed by atoms with Crippen LogP contribution in [-0.2, 0) is 10.1 Å². The third-order valence-electron chi connectivity index (χ3n) is 2.83. The first kappa shape index (κ1) is 22.5. The van der Waals surface area contributed by atoms with E-state index < -0.39 is 21.7 Å².